The summed E-state index contributed by atoms with van der Waals surface area (Å²) in [5.41, 5.74) is 11.3. The van der Waals surface area contributed by atoms with E-state index in [1.54, 1.807) is 0 Å². The SMILES string of the molecule is c1ccc(-c2nc(-c3ccc(-c4ccccc4-c4c(-c5ccccc5)ccc5ccccc45)cc3)nc(-c3cccc4c3oc3ccccc34)n2)cc1. The van der Waals surface area contributed by atoms with Crippen molar-refractivity contribution >= 4 is 32.7 Å². The van der Waals surface area contributed by atoms with Crippen LogP contribution in [0.15, 0.2) is 192 Å². The van der Waals surface area contributed by atoms with E-state index in [4.69, 9.17) is 19.4 Å². The first-order valence-corrected chi connectivity index (χ1v) is 17.8. The topological polar surface area (TPSA) is 51.8 Å². The normalized spacial score (nSPS) is 11.4. The van der Waals surface area contributed by atoms with Crippen molar-refractivity contribution in [2.75, 3.05) is 0 Å². The van der Waals surface area contributed by atoms with E-state index < -0.39 is 0 Å². The van der Waals surface area contributed by atoms with Gasteiger partial charge in [0.05, 0.1) is 5.56 Å². The van der Waals surface area contributed by atoms with E-state index in [-0.39, 0.29) is 0 Å². The number of hydrogen-bond donors (Lipinski definition) is 0. The van der Waals surface area contributed by atoms with E-state index in [1.807, 2.05) is 60.7 Å². The molecule has 0 aliphatic heterocycles. The fourth-order valence-corrected chi connectivity index (χ4v) is 7.44. The summed E-state index contributed by atoms with van der Waals surface area (Å²) >= 11 is 0. The lowest BCUT2D eigenvalue weighted by Crippen LogP contribution is -2.00. The number of nitrogens with zero attached hydrogens (tertiary/aromatic N) is 3. The first-order valence-electron chi connectivity index (χ1n) is 17.8. The second kappa shape index (κ2) is 12.9. The molecule has 248 valence electrons. The van der Waals surface area contributed by atoms with Crippen LogP contribution in [0.5, 0.6) is 0 Å². The van der Waals surface area contributed by atoms with Gasteiger partial charge >= 0.3 is 0 Å². The van der Waals surface area contributed by atoms with Crippen molar-refractivity contribution < 1.29 is 4.42 Å². The molecule has 0 bridgehead atoms. The van der Waals surface area contributed by atoms with Crippen molar-refractivity contribution in [2.24, 2.45) is 0 Å². The molecule has 10 rings (SSSR count). The van der Waals surface area contributed by atoms with E-state index >= 15 is 0 Å². The lowest BCUT2D eigenvalue weighted by Gasteiger charge is -2.18. The molecule has 0 atom stereocenters. The quantitative estimate of drug-likeness (QED) is 0.176. The van der Waals surface area contributed by atoms with Gasteiger partial charge in [0, 0.05) is 21.9 Å². The third-order valence-electron chi connectivity index (χ3n) is 9.98. The summed E-state index contributed by atoms with van der Waals surface area (Å²) in [6.45, 7) is 0. The van der Waals surface area contributed by atoms with Crippen molar-refractivity contribution in [2.45, 2.75) is 0 Å². The Balaban J connectivity index is 1.11. The van der Waals surface area contributed by atoms with Crippen LogP contribution in [0.2, 0.25) is 0 Å². The van der Waals surface area contributed by atoms with Crippen LogP contribution in [-0.4, -0.2) is 15.0 Å². The summed E-state index contributed by atoms with van der Waals surface area (Å²) in [5.74, 6) is 1.78. The highest BCUT2D eigenvalue weighted by Crippen LogP contribution is 2.43. The van der Waals surface area contributed by atoms with Crippen LogP contribution >= 0.6 is 0 Å². The molecule has 0 saturated carbocycles. The maximum Gasteiger partial charge on any atom is 0.167 e. The van der Waals surface area contributed by atoms with Gasteiger partial charge in [0.15, 0.2) is 17.5 Å². The Bertz CT molecular complexity index is 2930. The molecule has 0 aliphatic rings. The molecule has 10 aromatic rings. The Hall–Kier alpha value is -7.17. The molecule has 0 amide bonds. The van der Waals surface area contributed by atoms with Gasteiger partial charge in [-0.15, -0.1) is 0 Å². The molecule has 4 nitrogen and oxygen atoms in total. The molecular formula is C49H31N3O. The first kappa shape index (κ1) is 30.6. The number of aromatic nitrogens is 3. The van der Waals surface area contributed by atoms with Crippen LogP contribution in [0.1, 0.15) is 0 Å². The Morgan fingerprint density at radius 1 is 0.302 bits per heavy atom. The molecule has 8 aromatic carbocycles. The van der Waals surface area contributed by atoms with E-state index in [0.29, 0.717) is 17.5 Å². The van der Waals surface area contributed by atoms with E-state index in [1.165, 1.54) is 33.0 Å². The van der Waals surface area contributed by atoms with Crippen LogP contribution in [0.25, 0.3) is 100 Å². The zero-order chi connectivity index (χ0) is 35.1. The Kier molecular flexibility index (Phi) is 7.43. The molecule has 0 unspecified atom stereocenters. The van der Waals surface area contributed by atoms with Gasteiger partial charge in [0.25, 0.3) is 0 Å². The Labute approximate surface area is 306 Å². The fraction of sp³-hybridized carbons (Fsp3) is 0. The zero-order valence-electron chi connectivity index (χ0n) is 28.6. The van der Waals surface area contributed by atoms with Gasteiger partial charge < -0.3 is 4.42 Å². The van der Waals surface area contributed by atoms with Gasteiger partial charge in [-0.3, -0.25) is 0 Å². The standard InChI is InChI=1S/C49H31N3O/c1-3-14-32(15-4-1)39-31-30-33-16-7-8-20-38(33)45(39)41-22-10-9-19-37(41)34-26-28-36(29-27-34)48-50-47(35-17-5-2-6-18-35)51-49(52-48)43-24-13-23-42-40-21-11-12-25-44(40)53-46(42)43/h1-31H. The molecule has 0 aliphatic carbocycles. The van der Waals surface area contributed by atoms with Crippen molar-refractivity contribution in [3.8, 4) is 67.5 Å². The molecule has 2 aromatic heterocycles. The van der Waals surface area contributed by atoms with Crippen LogP contribution in [0, 0.1) is 0 Å². The molecule has 4 heteroatoms. The molecule has 53 heavy (non-hydrogen) atoms. The number of rotatable bonds is 6. The molecule has 0 spiro atoms. The average Bonchev–Trinajstić information content (AvgIpc) is 3.63. The van der Waals surface area contributed by atoms with Crippen LogP contribution in [0.4, 0.5) is 0 Å². The summed E-state index contributed by atoms with van der Waals surface area (Å²) < 4.78 is 6.40. The van der Waals surface area contributed by atoms with Crippen LogP contribution in [-0.2, 0) is 0 Å². The second-order valence-corrected chi connectivity index (χ2v) is 13.2. The minimum absolute atomic E-state index is 0.567. The number of fused-ring (bicyclic) bond motifs is 4. The predicted molar refractivity (Wildman–Crippen MR) is 217 cm³/mol. The number of benzene rings is 8. The van der Waals surface area contributed by atoms with Crippen LogP contribution < -0.4 is 0 Å². The average molecular weight is 678 g/mol. The lowest BCUT2D eigenvalue weighted by atomic mass is 9.86. The molecular weight excluding hydrogens is 647 g/mol. The molecule has 0 radical (unpaired) electrons. The highest BCUT2D eigenvalue weighted by molar-refractivity contribution is 6.09. The fourth-order valence-electron chi connectivity index (χ4n) is 7.44. The summed E-state index contributed by atoms with van der Waals surface area (Å²) in [5, 5.41) is 4.54. The van der Waals surface area contributed by atoms with Crippen molar-refractivity contribution in [3.63, 3.8) is 0 Å². The smallest absolute Gasteiger partial charge is 0.167 e. The Morgan fingerprint density at radius 2 is 0.830 bits per heavy atom. The minimum atomic E-state index is 0.567. The summed E-state index contributed by atoms with van der Waals surface area (Å²) in [7, 11) is 0. The summed E-state index contributed by atoms with van der Waals surface area (Å²) in [6.07, 6.45) is 0. The molecule has 0 fully saturated rings. The second-order valence-electron chi connectivity index (χ2n) is 13.2. The molecule has 0 N–H and O–H groups in total. The summed E-state index contributed by atoms with van der Waals surface area (Å²) in [4.78, 5) is 15.1. The first-order chi connectivity index (χ1) is 26.3. The largest absolute Gasteiger partial charge is 0.455 e. The number of hydrogen-bond acceptors (Lipinski definition) is 4. The van der Waals surface area contributed by atoms with Crippen molar-refractivity contribution in [1.29, 1.82) is 0 Å². The monoisotopic (exact) mass is 677 g/mol. The highest BCUT2D eigenvalue weighted by atomic mass is 16.3. The number of para-hydroxylation sites is 2. The third-order valence-corrected chi connectivity index (χ3v) is 9.98. The van der Waals surface area contributed by atoms with E-state index in [2.05, 4.69) is 127 Å². The summed E-state index contributed by atoms with van der Waals surface area (Å²) in [6, 6.07) is 65.3. The lowest BCUT2D eigenvalue weighted by molar-refractivity contribution is 0.669. The number of furan rings is 1. The predicted octanol–water partition coefficient (Wildman–Crippen LogP) is 12.9. The third kappa shape index (κ3) is 5.45. The highest BCUT2D eigenvalue weighted by Gasteiger charge is 2.19. The van der Waals surface area contributed by atoms with Gasteiger partial charge in [-0.2, -0.15) is 0 Å². The van der Waals surface area contributed by atoms with E-state index in [0.717, 1.165) is 49.8 Å². The van der Waals surface area contributed by atoms with Gasteiger partial charge in [-0.05, 0) is 56.3 Å². The van der Waals surface area contributed by atoms with Crippen molar-refractivity contribution in [3.05, 3.63) is 188 Å². The van der Waals surface area contributed by atoms with Crippen molar-refractivity contribution in [1.82, 2.24) is 15.0 Å². The van der Waals surface area contributed by atoms with Crippen LogP contribution in [0.3, 0.4) is 0 Å². The van der Waals surface area contributed by atoms with E-state index in [9.17, 15) is 0 Å². The molecule has 2 heterocycles. The Morgan fingerprint density at radius 3 is 1.60 bits per heavy atom. The minimum Gasteiger partial charge on any atom is -0.455 e. The van der Waals surface area contributed by atoms with Gasteiger partial charge in [-0.25, -0.2) is 15.0 Å². The maximum absolute atomic E-state index is 6.40. The molecule has 0 saturated heterocycles. The van der Waals surface area contributed by atoms with Gasteiger partial charge in [0.1, 0.15) is 11.2 Å². The van der Waals surface area contributed by atoms with Gasteiger partial charge in [-0.1, -0.05) is 176 Å². The zero-order valence-corrected chi connectivity index (χ0v) is 28.6. The van der Waals surface area contributed by atoms with Gasteiger partial charge in [0.2, 0.25) is 0 Å². The maximum atomic E-state index is 6.40.